The van der Waals surface area contributed by atoms with Gasteiger partial charge in [0.1, 0.15) is 11.9 Å². The summed E-state index contributed by atoms with van der Waals surface area (Å²) in [5.41, 5.74) is 3.49. The molecule has 1 saturated heterocycles. The van der Waals surface area contributed by atoms with Crippen molar-refractivity contribution in [2.75, 3.05) is 32.1 Å². The van der Waals surface area contributed by atoms with Crippen LogP contribution in [0.1, 0.15) is 42.1 Å². The Bertz CT molecular complexity index is 895. The molecule has 154 valence electrons. The van der Waals surface area contributed by atoms with Crippen molar-refractivity contribution in [3.63, 3.8) is 0 Å². The second-order valence-electron chi connectivity index (χ2n) is 7.54. The van der Waals surface area contributed by atoms with Crippen LogP contribution in [-0.4, -0.2) is 55.0 Å². The zero-order valence-electron chi connectivity index (χ0n) is 17.6. The minimum absolute atomic E-state index is 0.171. The van der Waals surface area contributed by atoms with Crippen molar-refractivity contribution in [3.05, 3.63) is 47.5 Å². The highest BCUT2D eigenvalue weighted by molar-refractivity contribution is 6.01. The number of rotatable bonds is 5. The molecule has 1 aromatic heterocycles. The number of ether oxygens (including phenoxy) is 1. The summed E-state index contributed by atoms with van der Waals surface area (Å²) in [7, 11) is 3.75. The van der Waals surface area contributed by atoms with E-state index in [0.717, 1.165) is 29.7 Å². The van der Waals surface area contributed by atoms with Gasteiger partial charge < -0.3 is 14.5 Å². The van der Waals surface area contributed by atoms with E-state index < -0.39 is 6.04 Å². The van der Waals surface area contributed by atoms with E-state index in [-0.39, 0.29) is 11.9 Å². The molecule has 6 nitrogen and oxygen atoms in total. The molecule has 0 saturated carbocycles. The summed E-state index contributed by atoms with van der Waals surface area (Å²) in [6, 6.07) is 11.2. The summed E-state index contributed by atoms with van der Waals surface area (Å²) in [6.07, 6.45) is 2.43. The number of nitrogens with zero attached hydrogens (tertiary/aromatic N) is 3. The number of likely N-dealkylation sites (tertiary alicyclic amines) is 1. The van der Waals surface area contributed by atoms with Crippen molar-refractivity contribution in [2.45, 2.75) is 39.2 Å². The summed E-state index contributed by atoms with van der Waals surface area (Å²) in [6.45, 7) is 4.69. The van der Waals surface area contributed by atoms with Crippen molar-refractivity contribution in [1.82, 2.24) is 9.88 Å². The lowest BCUT2D eigenvalue weighted by molar-refractivity contribution is -0.149. The number of carbonyl (C=O) groups excluding carboxylic acids is 2. The van der Waals surface area contributed by atoms with Gasteiger partial charge in [0.25, 0.3) is 5.91 Å². The quantitative estimate of drug-likeness (QED) is 0.723. The zero-order chi connectivity index (χ0) is 21.0. The standard InChI is InChI=1S/C23H29N3O3/c1-5-29-23(28)20-12-8-9-15-26(20)22(27)18-13-14-19(24-21(18)25(3)4)17-11-7-6-10-16(17)2/h6-7,10-11,13-14,20H,5,8-9,12,15H2,1-4H3. The van der Waals surface area contributed by atoms with Crippen LogP contribution >= 0.6 is 0 Å². The van der Waals surface area contributed by atoms with Gasteiger partial charge >= 0.3 is 5.97 Å². The molecule has 1 aliphatic heterocycles. The smallest absolute Gasteiger partial charge is 0.328 e. The first kappa shape index (κ1) is 20.8. The Morgan fingerprint density at radius 3 is 2.62 bits per heavy atom. The number of aryl methyl sites for hydroxylation is 1. The number of hydrogen-bond acceptors (Lipinski definition) is 5. The number of hydrogen-bond donors (Lipinski definition) is 0. The van der Waals surface area contributed by atoms with Gasteiger partial charge in [0.05, 0.1) is 17.9 Å². The van der Waals surface area contributed by atoms with Gasteiger partial charge in [-0.2, -0.15) is 0 Å². The normalized spacial score (nSPS) is 16.4. The molecular weight excluding hydrogens is 366 g/mol. The topological polar surface area (TPSA) is 62.7 Å². The molecular formula is C23H29N3O3. The fourth-order valence-electron chi connectivity index (χ4n) is 3.78. The summed E-state index contributed by atoms with van der Waals surface area (Å²) in [5.74, 6) is 0.107. The van der Waals surface area contributed by atoms with Gasteiger partial charge in [0, 0.05) is 26.2 Å². The van der Waals surface area contributed by atoms with Crippen LogP contribution in [0.25, 0.3) is 11.3 Å². The number of pyridine rings is 1. The average molecular weight is 396 g/mol. The molecule has 1 amide bonds. The number of benzene rings is 1. The molecule has 6 heteroatoms. The Hall–Kier alpha value is -2.89. The van der Waals surface area contributed by atoms with Gasteiger partial charge in [-0.25, -0.2) is 9.78 Å². The van der Waals surface area contributed by atoms with Crippen molar-refractivity contribution >= 4 is 17.7 Å². The average Bonchev–Trinajstić information content (AvgIpc) is 2.73. The second kappa shape index (κ2) is 9.07. The lowest BCUT2D eigenvalue weighted by Crippen LogP contribution is -2.49. The molecule has 1 aromatic carbocycles. The number of esters is 1. The van der Waals surface area contributed by atoms with Crippen molar-refractivity contribution in [2.24, 2.45) is 0 Å². The van der Waals surface area contributed by atoms with Crippen molar-refractivity contribution in [1.29, 1.82) is 0 Å². The van der Waals surface area contributed by atoms with Crippen LogP contribution in [0.3, 0.4) is 0 Å². The lowest BCUT2D eigenvalue weighted by atomic mass is 10.00. The molecule has 1 aliphatic rings. The minimum atomic E-state index is -0.526. The number of carbonyl (C=O) groups is 2. The number of piperidine rings is 1. The Labute approximate surface area is 172 Å². The van der Waals surface area contributed by atoms with Crippen molar-refractivity contribution in [3.8, 4) is 11.3 Å². The zero-order valence-corrected chi connectivity index (χ0v) is 17.6. The maximum absolute atomic E-state index is 13.4. The molecule has 0 bridgehead atoms. The van der Waals surface area contributed by atoms with E-state index in [9.17, 15) is 9.59 Å². The molecule has 2 heterocycles. The summed E-state index contributed by atoms with van der Waals surface area (Å²) in [4.78, 5) is 34.1. The molecule has 1 atom stereocenters. The van der Waals surface area contributed by atoms with Crippen LogP contribution in [0, 0.1) is 6.92 Å². The fourth-order valence-corrected chi connectivity index (χ4v) is 3.78. The van der Waals surface area contributed by atoms with Crippen LogP contribution in [0.4, 0.5) is 5.82 Å². The summed E-state index contributed by atoms with van der Waals surface area (Å²) in [5, 5.41) is 0. The second-order valence-corrected chi connectivity index (χ2v) is 7.54. The molecule has 0 spiro atoms. The van der Waals surface area contributed by atoms with E-state index in [1.165, 1.54) is 0 Å². The van der Waals surface area contributed by atoms with Gasteiger partial charge in [-0.05, 0) is 50.8 Å². The summed E-state index contributed by atoms with van der Waals surface area (Å²) >= 11 is 0. The highest BCUT2D eigenvalue weighted by Crippen LogP contribution is 2.28. The van der Waals surface area contributed by atoms with Gasteiger partial charge in [0.2, 0.25) is 0 Å². The van der Waals surface area contributed by atoms with Gasteiger partial charge in [0.15, 0.2) is 0 Å². The number of anilines is 1. The van der Waals surface area contributed by atoms with Crippen LogP contribution in [-0.2, 0) is 9.53 Å². The minimum Gasteiger partial charge on any atom is -0.464 e. The largest absolute Gasteiger partial charge is 0.464 e. The molecule has 1 fully saturated rings. The third-order valence-corrected chi connectivity index (χ3v) is 5.27. The van der Waals surface area contributed by atoms with Gasteiger partial charge in [-0.15, -0.1) is 0 Å². The van der Waals surface area contributed by atoms with Crippen LogP contribution < -0.4 is 4.90 Å². The monoisotopic (exact) mass is 395 g/mol. The molecule has 3 rings (SSSR count). The third kappa shape index (κ3) is 4.42. The van der Waals surface area contributed by atoms with Gasteiger partial charge in [-0.3, -0.25) is 4.79 Å². The predicted molar refractivity (Wildman–Crippen MR) is 114 cm³/mol. The Kier molecular flexibility index (Phi) is 6.52. The van der Waals surface area contributed by atoms with Crippen LogP contribution in [0.15, 0.2) is 36.4 Å². The molecule has 29 heavy (non-hydrogen) atoms. The molecule has 0 N–H and O–H groups in total. The maximum atomic E-state index is 13.4. The van der Waals surface area contributed by atoms with E-state index in [1.807, 2.05) is 62.3 Å². The van der Waals surface area contributed by atoms with E-state index in [4.69, 9.17) is 9.72 Å². The number of aromatic nitrogens is 1. The molecule has 1 unspecified atom stereocenters. The van der Waals surface area contributed by atoms with Crippen LogP contribution in [0.2, 0.25) is 0 Å². The van der Waals surface area contributed by atoms with Crippen LogP contribution in [0.5, 0.6) is 0 Å². The predicted octanol–water partition coefficient (Wildman–Crippen LogP) is 3.68. The summed E-state index contributed by atoms with van der Waals surface area (Å²) < 4.78 is 5.21. The fraction of sp³-hybridized carbons (Fsp3) is 0.435. The highest BCUT2D eigenvalue weighted by atomic mass is 16.5. The molecule has 0 aliphatic carbocycles. The third-order valence-electron chi connectivity index (χ3n) is 5.27. The lowest BCUT2D eigenvalue weighted by Gasteiger charge is -2.34. The van der Waals surface area contributed by atoms with E-state index in [0.29, 0.717) is 31.0 Å². The van der Waals surface area contributed by atoms with E-state index >= 15 is 0 Å². The first-order valence-corrected chi connectivity index (χ1v) is 10.2. The van der Waals surface area contributed by atoms with E-state index in [2.05, 4.69) is 0 Å². The Morgan fingerprint density at radius 1 is 1.17 bits per heavy atom. The molecule has 2 aromatic rings. The maximum Gasteiger partial charge on any atom is 0.328 e. The SMILES string of the molecule is CCOC(=O)C1CCCCN1C(=O)c1ccc(-c2ccccc2C)nc1N(C)C. The Morgan fingerprint density at radius 2 is 1.93 bits per heavy atom. The van der Waals surface area contributed by atoms with E-state index in [1.54, 1.807) is 11.8 Å². The Balaban J connectivity index is 1.97. The number of amides is 1. The first-order chi connectivity index (χ1) is 13.9. The van der Waals surface area contributed by atoms with Gasteiger partial charge in [-0.1, -0.05) is 24.3 Å². The highest BCUT2D eigenvalue weighted by Gasteiger charge is 2.35. The molecule has 0 radical (unpaired) electrons. The first-order valence-electron chi connectivity index (χ1n) is 10.2. The van der Waals surface area contributed by atoms with Crippen molar-refractivity contribution < 1.29 is 14.3 Å².